The molecule has 3 rings (SSSR count). The van der Waals surface area contributed by atoms with Crippen molar-refractivity contribution < 1.29 is 21.2 Å². The predicted octanol–water partition coefficient (Wildman–Crippen LogP) is 2.06. The van der Waals surface area contributed by atoms with Crippen molar-refractivity contribution in [2.75, 3.05) is 14.1 Å². The number of rotatable bonds is 5. The van der Waals surface area contributed by atoms with Gasteiger partial charge in [-0.2, -0.15) is 0 Å². The molecule has 0 spiro atoms. The van der Waals surface area contributed by atoms with E-state index in [-0.39, 0.29) is 11.0 Å². The largest absolute Gasteiger partial charge is 0.870 e. The molecule has 3 aromatic rings. The third-order valence-corrected chi connectivity index (χ3v) is 3.62. The van der Waals surface area contributed by atoms with Gasteiger partial charge >= 0.3 is 0 Å². The second kappa shape index (κ2) is 13.8. The van der Waals surface area contributed by atoms with Gasteiger partial charge in [-0.1, -0.05) is 78.9 Å². The van der Waals surface area contributed by atoms with Crippen LogP contribution in [-0.2, 0) is 13.1 Å². The monoisotopic (exact) mass is 354 g/mol. The van der Waals surface area contributed by atoms with Crippen LogP contribution in [0, 0.1) is 0 Å². The molecule has 26 heavy (non-hydrogen) atoms. The summed E-state index contributed by atoms with van der Waals surface area (Å²) in [5, 5.41) is 2.25. The molecule has 0 aliphatic heterocycles. The molecule has 0 aliphatic carbocycles. The van der Waals surface area contributed by atoms with E-state index in [1.54, 1.807) is 0 Å². The summed E-state index contributed by atoms with van der Waals surface area (Å²) < 4.78 is 0. The van der Waals surface area contributed by atoms with E-state index in [9.17, 15) is 0 Å². The van der Waals surface area contributed by atoms with Gasteiger partial charge in [0.1, 0.15) is 18.8 Å². The number of nitrogens with two attached hydrogens (primary N) is 1. The maximum atomic E-state index is 2.25. The highest BCUT2D eigenvalue weighted by molar-refractivity contribution is 5.27. The molecular formula is C22H30N2O2. The number of hydrogen-bond acceptors (Lipinski definition) is 2. The maximum absolute atomic E-state index is 2.25. The van der Waals surface area contributed by atoms with Crippen LogP contribution in [-0.4, -0.2) is 25.0 Å². The normalized spacial score (nSPS) is 9.35. The molecule has 0 unspecified atom stereocenters. The fourth-order valence-corrected chi connectivity index (χ4v) is 2.44. The molecule has 4 heteroatoms. The van der Waals surface area contributed by atoms with Gasteiger partial charge < -0.3 is 21.2 Å². The van der Waals surface area contributed by atoms with Crippen molar-refractivity contribution in [1.82, 2.24) is 0 Å². The second-order valence-corrected chi connectivity index (χ2v) is 6.17. The van der Waals surface area contributed by atoms with Crippen LogP contribution in [0.5, 0.6) is 0 Å². The summed E-state index contributed by atoms with van der Waals surface area (Å²) in [6.45, 7) is 2.12. The smallest absolute Gasteiger partial charge is 0.129 e. The van der Waals surface area contributed by atoms with Crippen molar-refractivity contribution in [3.8, 4) is 0 Å². The number of hydrogen-bond donors (Lipinski definition) is 2. The summed E-state index contributed by atoms with van der Waals surface area (Å²) in [6, 6.07) is 31.5. The van der Waals surface area contributed by atoms with Gasteiger partial charge in [0.25, 0.3) is 0 Å². The summed E-state index contributed by atoms with van der Waals surface area (Å²) in [5.74, 6) is 0. The van der Waals surface area contributed by atoms with E-state index >= 15 is 0 Å². The minimum atomic E-state index is 0. The van der Waals surface area contributed by atoms with Crippen LogP contribution in [0.25, 0.3) is 0 Å². The van der Waals surface area contributed by atoms with Crippen molar-refractivity contribution in [1.29, 1.82) is 0 Å². The topological polar surface area (TPSA) is 81.0 Å². The SMILES string of the molecule is C[NH+](C)Cc1ccccc1.[OH-].[OH-].c1ccc(C[NH2+]c2ccccc2)cc1. The molecule has 3 aromatic carbocycles. The van der Waals surface area contributed by atoms with Crippen LogP contribution < -0.4 is 10.2 Å². The Morgan fingerprint density at radius 2 is 1.04 bits per heavy atom. The Labute approximate surface area is 156 Å². The Morgan fingerprint density at radius 3 is 1.50 bits per heavy atom. The molecule has 0 fully saturated rings. The molecule has 0 atom stereocenters. The predicted molar refractivity (Wildman–Crippen MR) is 105 cm³/mol. The lowest BCUT2D eigenvalue weighted by molar-refractivity contribution is -0.872. The van der Waals surface area contributed by atoms with Crippen molar-refractivity contribution in [3.05, 3.63) is 102 Å². The van der Waals surface area contributed by atoms with E-state index in [1.807, 2.05) is 12.1 Å². The molecule has 0 saturated heterocycles. The van der Waals surface area contributed by atoms with Crippen LogP contribution in [0.2, 0.25) is 0 Å². The lowest BCUT2D eigenvalue weighted by Crippen LogP contribution is -3.04. The van der Waals surface area contributed by atoms with Gasteiger partial charge in [0.2, 0.25) is 0 Å². The van der Waals surface area contributed by atoms with E-state index in [0.717, 1.165) is 13.1 Å². The van der Waals surface area contributed by atoms with Crippen molar-refractivity contribution in [3.63, 3.8) is 0 Å². The van der Waals surface area contributed by atoms with Crippen molar-refractivity contribution in [2.45, 2.75) is 13.1 Å². The standard InChI is InChI=1S/C13H13N.C9H13N.2H2O/c1-3-7-12(8-4-1)11-14-13-9-5-2-6-10-13;1-10(2)8-9-6-4-3-5-7-9;;/h1-10,14H,11H2;3-7H,8H2,1-2H3;2*1H2. The molecule has 0 bridgehead atoms. The molecule has 0 amide bonds. The van der Waals surface area contributed by atoms with Crippen LogP contribution in [0.15, 0.2) is 91.0 Å². The van der Waals surface area contributed by atoms with Gasteiger partial charge in [-0.25, -0.2) is 0 Å². The Hall–Kier alpha value is -2.50. The van der Waals surface area contributed by atoms with E-state index in [1.165, 1.54) is 21.7 Å². The fraction of sp³-hybridized carbons (Fsp3) is 0.182. The molecule has 5 N–H and O–H groups in total. The zero-order chi connectivity index (χ0) is 17.0. The molecular weight excluding hydrogens is 324 g/mol. The van der Waals surface area contributed by atoms with E-state index in [4.69, 9.17) is 0 Å². The lowest BCUT2D eigenvalue weighted by atomic mass is 10.2. The Kier molecular flexibility index (Phi) is 12.4. The Bertz CT molecular complexity index is 635. The molecule has 140 valence electrons. The summed E-state index contributed by atoms with van der Waals surface area (Å²) in [7, 11) is 4.32. The summed E-state index contributed by atoms with van der Waals surface area (Å²) in [6.07, 6.45) is 0. The second-order valence-electron chi connectivity index (χ2n) is 6.17. The number of nitrogens with one attached hydrogen (secondary N) is 1. The van der Waals surface area contributed by atoms with Gasteiger partial charge in [-0.05, 0) is 12.1 Å². The molecule has 0 saturated carbocycles. The first kappa shape index (κ1) is 23.5. The van der Waals surface area contributed by atoms with Crippen LogP contribution in [0.1, 0.15) is 11.1 Å². The first-order valence-corrected chi connectivity index (χ1v) is 8.49. The van der Waals surface area contributed by atoms with E-state index in [0.29, 0.717) is 0 Å². The Balaban J connectivity index is 0.000000469. The van der Waals surface area contributed by atoms with Crippen LogP contribution in [0.4, 0.5) is 5.69 Å². The van der Waals surface area contributed by atoms with Crippen molar-refractivity contribution in [2.24, 2.45) is 0 Å². The van der Waals surface area contributed by atoms with E-state index < -0.39 is 0 Å². The highest BCUT2D eigenvalue weighted by Gasteiger charge is 1.96. The third kappa shape index (κ3) is 9.71. The number of quaternary nitrogens is 2. The number of para-hydroxylation sites is 1. The lowest BCUT2D eigenvalue weighted by Gasteiger charge is -2.05. The summed E-state index contributed by atoms with van der Waals surface area (Å²) in [5.41, 5.74) is 4.05. The minimum absolute atomic E-state index is 0. The molecule has 4 nitrogen and oxygen atoms in total. The van der Waals surface area contributed by atoms with Gasteiger partial charge in [-0.15, -0.1) is 0 Å². The quantitative estimate of drug-likeness (QED) is 0.688. The minimum Gasteiger partial charge on any atom is -0.870 e. The van der Waals surface area contributed by atoms with Gasteiger partial charge in [-0.3, -0.25) is 0 Å². The third-order valence-electron chi connectivity index (χ3n) is 3.62. The fourth-order valence-electron chi connectivity index (χ4n) is 2.44. The van der Waals surface area contributed by atoms with Crippen LogP contribution >= 0.6 is 0 Å². The van der Waals surface area contributed by atoms with Gasteiger partial charge in [0.05, 0.1) is 14.1 Å². The van der Waals surface area contributed by atoms with Crippen LogP contribution in [0.3, 0.4) is 0 Å². The Morgan fingerprint density at radius 1 is 0.615 bits per heavy atom. The average molecular weight is 354 g/mol. The molecule has 0 aromatic heterocycles. The summed E-state index contributed by atoms with van der Waals surface area (Å²) >= 11 is 0. The number of benzene rings is 3. The first-order valence-electron chi connectivity index (χ1n) is 8.49. The summed E-state index contributed by atoms with van der Waals surface area (Å²) in [4.78, 5) is 1.46. The highest BCUT2D eigenvalue weighted by Crippen LogP contribution is 1.99. The van der Waals surface area contributed by atoms with Gasteiger partial charge in [0.15, 0.2) is 0 Å². The molecule has 0 aliphatic rings. The molecule has 0 radical (unpaired) electrons. The highest BCUT2D eigenvalue weighted by atomic mass is 16.0. The molecule has 0 heterocycles. The zero-order valence-corrected chi connectivity index (χ0v) is 15.5. The average Bonchev–Trinajstić information content (AvgIpc) is 2.63. The van der Waals surface area contributed by atoms with Crippen molar-refractivity contribution >= 4 is 5.69 Å². The first-order chi connectivity index (χ1) is 11.7. The zero-order valence-electron chi connectivity index (χ0n) is 15.5. The van der Waals surface area contributed by atoms with Gasteiger partial charge in [0, 0.05) is 11.1 Å². The maximum Gasteiger partial charge on any atom is 0.129 e. The van der Waals surface area contributed by atoms with E-state index in [2.05, 4.69) is 98.3 Å².